The Morgan fingerprint density at radius 2 is 1.88 bits per heavy atom. The second-order valence-corrected chi connectivity index (χ2v) is 8.53. The summed E-state index contributed by atoms with van der Waals surface area (Å²) in [6.07, 6.45) is 0. The Bertz CT molecular complexity index is 765. The highest BCUT2D eigenvalue weighted by molar-refractivity contribution is 7.94. The van der Waals surface area contributed by atoms with Gasteiger partial charge in [0.15, 0.2) is 0 Å². The molecule has 0 saturated carbocycles. The number of hydrogen-bond acceptors (Lipinski definition) is 5. The van der Waals surface area contributed by atoms with Crippen molar-refractivity contribution in [1.82, 2.24) is 0 Å². The number of benzene rings is 1. The fourth-order valence-electron chi connectivity index (χ4n) is 2.18. The van der Waals surface area contributed by atoms with Crippen LogP contribution in [0.15, 0.2) is 46.0 Å². The van der Waals surface area contributed by atoms with E-state index < -0.39 is 16.0 Å². The highest BCUT2D eigenvalue weighted by Crippen LogP contribution is 2.28. The maximum Gasteiger partial charge on any atom is 0.326 e. The maximum absolute atomic E-state index is 12.9. The van der Waals surface area contributed by atoms with Crippen LogP contribution in [0, 0.1) is 0 Å². The third-order valence-electron chi connectivity index (χ3n) is 3.47. The number of carbonyl (C=O) groups is 1. The molecular formula is C17H21NO4S2. The van der Waals surface area contributed by atoms with Crippen LogP contribution in [0.2, 0.25) is 0 Å². The van der Waals surface area contributed by atoms with E-state index in [9.17, 15) is 13.2 Å². The SMILES string of the molecule is CCOC(=O)CN(c1ccc(C(C)C)cc1)S(=O)(=O)c1cccs1. The van der Waals surface area contributed by atoms with Crippen molar-refractivity contribution < 1.29 is 17.9 Å². The minimum atomic E-state index is -3.81. The monoisotopic (exact) mass is 367 g/mol. The Balaban J connectivity index is 2.41. The Hall–Kier alpha value is -1.86. The van der Waals surface area contributed by atoms with Crippen molar-refractivity contribution in [3.8, 4) is 0 Å². The van der Waals surface area contributed by atoms with Gasteiger partial charge in [-0.15, -0.1) is 11.3 Å². The minimum absolute atomic E-state index is 0.194. The molecule has 130 valence electrons. The topological polar surface area (TPSA) is 63.7 Å². The van der Waals surface area contributed by atoms with Gasteiger partial charge in [-0.2, -0.15) is 0 Å². The van der Waals surface area contributed by atoms with E-state index in [1.54, 1.807) is 30.5 Å². The molecule has 0 unspecified atom stereocenters. The number of rotatable bonds is 7. The first-order valence-electron chi connectivity index (χ1n) is 7.68. The number of carbonyl (C=O) groups excluding carboxylic acids is 1. The first-order valence-corrected chi connectivity index (χ1v) is 10.00. The van der Waals surface area contributed by atoms with Crippen LogP contribution in [-0.4, -0.2) is 27.5 Å². The number of hydrogen-bond donors (Lipinski definition) is 0. The molecule has 0 aliphatic carbocycles. The molecule has 0 N–H and O–H groups in total. The van der Waals surface area contributed by atoms with E-state index in [0.717, 1.165) is 21.2 Å². The predicted octanol–water partition coefficient (Wildman–Crippen LogP) is 3.63. The fraction of sp³-hybridized carbons (Fsp3) is 0.353. The zero-order valence-electron chi connectivity index (χ0n) is 13.9. The molecular weight excluding hydrogens is 346 g/mol. The molecule has 0 bridgehead atoms. The van der Waals surface area contributed by atoms with Crippen molar-refractivity contribution >= 4 is 33.0 Å². The standard InChI is InChI=1S/C17H21NO4S2/c1-4-22-16(19)12-18(24(20,21)17-6-5-11-23-17)15-9-7-14(8-10-15)13(2)3/h5-11,13H,4,12H2,1-3H3. The zero-order chi connectivity index (χ0) is 17.7. The predicted molar refractivity (Wildman–Crippen MR) is 96.0 cm³/mol. The molecule has 5 nitrogen and oxygen atoms in total. The smallest absolute Gasteiger partial charge is 0.326 e. The Morgan fingerprint density at radius 1 is 1.21 bits per heavy atom. The molecule has 24 heavy (non-hydrogen) atoms. The summed E-state index contributed by atoms with van der Waals surface area (Å²) in [6, 6.07) is 10.4. The average molecular weight is 367 g/mol. The van der Waals surface area contributed by atoms with Crippen LogP contribution in [0.25, 0.3) is 0 Å². The molecule has 2 aromatic rings. The van der Waals surface area contributed by atoms with Crippen LogP contribution >= 0.6 is 11.3 Å². The number of ether oxygens (including phenoxy) is 1. The highest BCUT2D eigenvalue weighted by Gasteiger charge is 2.28. The summed E-state index contributed by atoms with van der Waals surface area (Å²) in [4.78, 5) is 11.9. The van der Waals surface area contributed by atoms with Crippen LogP contribution in [0.5, 0.6) is 0 Å². The maximum atomic E-state index is 12.9. The fourth-order valence-corrected chi connectivity index (χ4v) is 4.70. The molecule has 0 amide bonds. The second kappa shape index (κ2) is 7.81. The van der Waals surface area contributed by atoms with Crippen LogP contribution in [0.4, 0.5) is 5.69 Å². The van der Waals surface area contributed by atoms with Crippen LogP contribution in [0.3, 0.4) is 0 Å². The van der Waals surface area contributed by atoms with E-state index in [1.165, 1.54) is 6.07 Å². The van der Waals surface area contributed by atoms with E-state index in [0.29, 0.717) is 11.6 Å². The van der Waals surface area contributed by atoms with E-state index in [4.69, 9.17) is 4.74 Å². The van der Waals surface area contributed by atoms with E-state index in [1.807, 2.05) is 12.1 Å². The van der Waals surface area contributed by atoms with Crippen molar-refractivity contribution in [1.29, 1.82) is 0 Å². The molecule has 0 aliphatic heterocycles. The van der Waals surface area contributed by atoms with E-state index in [2.05, 4.69) is 13.8 Å². The van der Waals surface area contributed by atoms with Gasteiger partial charge in [-0.05, 0) is 42.0 Å². The summed E-state index contributed by atoms with van der Waals surface area (Å²) in [7, 11) is -3.81. The Kier molecular flexibility index (Phi) is 6.01. The highest BCUT2D eigenvalue weighted by atomic mass is 32.2. The molecule has 1 heterocycles. The summed E-state index contributed by atoms with van der Waals surface area (Å²) >= 11 is 1.12. The molecule has 0 saturated heterocycles. The van der Waals surface area contributed by atoms with E-state index in [-0.39, 0.29) is 17.4 Å². The van der Waals surface area contributed by atoms with Gasteiger partial charge in [-0.1, -0.05) is 32.0 Å². The number of nitrogens with zero attached hydrogens (tertiary/aromatic N) is 1. The molecule has 0 radical (unpaired) electrons. The summed E-state index contributed by atoms with van der Waals surface area (Å²) < 4.78 is 32.0. The Morgan fingerprint density at radius 3 is 2.38 bits per heavy atom. The lowest BCUT2D eigenvalue weighted by Gasteiger charge is -2.23. The number of thiophene rings is 1. The van der Waals surface area contributed by atoms with Crippen molar-refractivity contribution in [3.63, 3.8) is 0 Å². The second-order valence-electron chi connectivity index (χ2n) is 5.50. The van der Waals surface area contributed by atoms with Gasteiger partial charge in [-0.25, -0.2) is 8.42 Å². The van der Waals surface area contributed by atoms with Gasteiger partial charge in [0.25, 0.3) is 10.0 Å². The number of anilines is 1. The summed E-state index contributed by atoms with van der Waals surface area (Å²) in [6.45, 7) is 5.67. The van der Waals surface area contributed by atoms with Gasteiger partial charge in [0, 0.05) is 0 Å². The lowest BCUT2D eigenvalue weighted by atomic mass is 10.0. The van der Waals surface area contributed by atoms with Crippen molar-refractivity contribution in [2.45, 2.75) is 30.9 Å². The number of sulfonamides is 1. The molecule has 0 spiro atoms. The van der Waals surface area contributed by atoms with Crippen molar-refractivity contribution in [2.75, 3.05) is 17.5 Å². The lowest BCUT2D eigenvalue weighted by Crippen LogP contribution is -2.36. The van der Waals surface area contributed by atoms with Gasteiger partial charge >= 0.3 is 5.97 Å². The third kappa shape index (κ3) is 4.15. The third-order valence-corrected chi connectivity index (χ3v) is 6.61. The zero-order valence-corrected chi connectivity index (χ0v) is 15.6. The molecule has 1 aromatic heterocycles. The Labute approximate surface area is 146 Å². The van der Waals surface area contributed by atoms with Crippen LogP contribution in [-0.2, 0) is 19.6 Å². The van der Waals surface area contributed by atoms with Gasteiger partial charge in [0.1, 0.15) is 10.8 Å². The largest absolute Gasteiger partial charge is 0.465 e. The van der Waals surface area contributed by atoms with Gasteiger partial charge in [0.05, 0.1) is 12.3 Å². The van der Waals surface area contributed by atoms with Crippen molar-refractivity contribution in [3.05, 3.63) is 47.3 Å². The first kappa shape index (κ1) is 18.5. The summed E-state index contributed by atoms with van der Waals surface area (Å²) in [5, 5.41) is 1.69. The minimum Gasteiger partial charge on any atom is -0.465 e. The van der Waals surface area contributed by atoms with Gasteiger partial charge in [0.2, 0.25) is 0 Å². The summed E-state index contributed by atoms with van der Waals surface area (Å²) in [5.41, 5.74) is 1.55. The van der Waals surface area contributed by atoms with Crippen molar-refractivity contribution in [2.24, 2.45) is 0 Å². The van der Waals surface area contributed by atoms with E-state index >= 15 is 0 Å². The molecule has 0 aliphatic rings. The van der Waals surface area contributed by atoms with Crippen LogP contribution < -0.4 is 4.31 Å². The molecule has 2 rings (SSSR count). The van der Waals surface area contributed by atoms with Gasteiger partial charge < -0.3 is 4.74 Å². The normalized spacial score (nSPS) is 11.5. The molecule has 1 aromatic carbocycles. The molecule has 0 fully saturated rings. The molecule has 7 heteroatoms. The number of esters is 1. The average Bonchev–Trinajstić information content (AvgIpc) is 3.08. The lowest BCUT2D eigenvalue weighted by molar-refractivity contribution is -0.141. The summed E-state index contributed by atoms with van der Waals surface area (Å²) in [5.74, 6) is -0.239. The molecule has 0 atom stereocenters. The van der Waals surface area contributed by atoms with Gasteiger partial charge in [-0.3, -0.25) is 9.10 Å². The quantitative estimate of drug-likeness (QED) is 0.701. The van der Waals surface area contributed by atoms with Crippen LogP contribution in [0.1, 0.15) is 32.3 Å². The first-order chi connectivity index (χ1) is 11.4.